The Hall–Kier alpha value is -1.31. The zero-order chi connectivity index (χ0) is 10.1. The Labute approximate surface area is 84.3 Å². The highest BCUT2D eigenvalue weighted by Crippen LogP contribution is 2.25. The number of aryl methyl sites for hydroxylation is 1. The summed E-state index contributed by atoms with van der Waals surface area (Å²) < 4.78 is 0. The van der Waals surface area contributed by atoms with Gasteiger partial charge in [-0.25, -0.2) is 0 Å². The lowest BCUT2D eigenvalue weighted by atomic mass is 10.0. The fourth-order valence-corrected chi connectivity index (χ4v) is 1.97. The van der Waals surface area contributed by atoms with E-state index in [4.69, 9.17) is 0 Å². The summed E-state index contributed by atoms with van der Waals surface area (Å²) in [5.41, 5.74) is 3.26. The molecule has 0 aromatic heterocycles. The quantitative estimate of drug-likeness (QED) is 0.760. The highest BCUT2D eigenvalue weighted by molar-refractivity contribution is 5.99. The van der Waals surface area contributed by atoms with Crippen molar-refractivity contribution < 1.29 is 4.79 Å². The molecule has 0 spiro atoms. The summed E-state index contributed by atoms with van der Waals surface area (Å²) in [7, 11) is 0. The predicted octanol–water partition coefficient (Wildman–Crippen LogP) is 2.44. The first-order valence-corrected chi connectivity index (χ1v) is 5.16. The average molecular weight is 189 g/mol. The third-order valence-electron chi connectivity index (χ3n) is 2.72. The van der Waals surface area contributed by atoms with Gasteiger partial charge in [0.2, 0.25) is 0 Å². The smallest absolute Gasteiger partial charge is 0.252 e. The number of rotatable bonds is 2. The van der Waals surface area contributed by atoms with E-state index in [0.29, 0.717) is 0 Å². The molecule has 0 saturated heterocycles. The summed E-state index contributed by atoms with van der Waals surface area (Å²) in [6.07, 6.45) is 2.17. The van der Waals surface area contributed by atoms with Crippen molar-refractivity contribution in [2.45, 2.75) is 32.7 Å². The number of amides is 1. The Bertz CT molecular complexity index is 371. The van der Waals surface area contributed by atoms with Crippen LogP contribution in [0.15, 0.2) is 18.2 Å². The Morgan fingerprint density at radius 3 is 2.93 bits per heavy atom. The lowest BCUT2D eigenvalue weighted by Gasteiger charge is -2.04. The molecule has 1 atom stereocenters. The van der Waals surface area contributed by atoms with Crippen molar-refractivity contribution in [3.05, 3.63) is 34.9 Å². The van der Waals surface area contributed by atoms with Crippen LogP contribution in [0, 0.1) is 0 Å². The van der Waals surface area contributed by atoms with Crippen molar-refractivity contribution in [3.8, 4) is 0 Å². The van der Waals surface area contributed by atoms with E-state index in [0.717, 1.165) is 24.0 Å². The van der Waals surface area contributed by atoms with Crippen LogP contribution in [0.2, 0.25) is 0 Å². The molecule has 2 nitrogen and oxygen atoms in total. The molecule has 2 rings (SSSR count). The number of hydrogen-bond acceptors (Lipinski definition) is 1. The van der Waals surface area contributed by atoms with E-state index >= 15 is 0 Å². The summed E-state index contributed by atoms with van der Waals surface area (Å²) in [4.78, 5) is 11.5. The molecule has 1 N–H and O–H groups in total. The molecule has 0 aliphatic carbocycles. The first-order chi connectivity index (χ1) is 6.72. The lowest BCUT2D eigenvalue weighted by molar-refractivity contribution is 0.0958. The van der Waals surface area contributed by atoms with Gasteiger partial charge in [0.25, 0.3) is 5.91 Å². The van der Waals surface area contributed by atoms with Crippen molar-refractivity contribution in [2.75, 3.05) is 0 Å². The minimum absolute atomic E-state index is 0.0745. The SMILES string of the molecule is CCCc1ccc2c(c1)C(=O)N[C@H]2C. The summed E-state index contributed by atoms with van der Waals surface area (Å²) >= 11 is 0. The molecule has 74 valence electrons. The van der Waals surface area contributed by atoms with Crippen LogP contribution in [0.3, 0.4) is 0 Å². The molecule has 2 heteroatoms. The monoisotopic (exact) mass is 189 g/mol. The fourth-order valence-electron chi connectivity index (χ4n) is 1.97. The van der Waals surface area contributed by atoms with Crippen LogP contribution in [-0.2, 0) is 6.42 Å². The minimum atomic E-state index is 0.0745. The number of carbonyl (C=O) groups is 1. The highest BCUT2D eigenvalue weighted by Gasteiger charge is 2.24. The molecule has 1 aliphatic heterocycles. The molecule has 0 unspecified atom stereocenters. The topological polar surface area (TPSA) is 29.1 Å². The molecule has 14 heavy (non-hydrogen) atoms. The normalized spacial score (nSPS) is 19.3. The highest BCUT2D eigenvalue weighted by atomic mass is 16.2. The summed E-state index contributed by atoms with van der Waals surface area (Å²) in [6, 6.07) is 6.40. The van der Waals surface area contributed by atoms with Gasteiger partial charge in [0.05, 0.1) is 6.04 Å². The molecule has 0 saturated carbocycles. The average Bonchev–Trinajstić information content (AvgIpc) is 2.43. The molecule has 0 fully saturated rings. The molecular weight excluding hydrogens is 174 g/mol. The van der Waals surface area contributed by atoms with Crippen LogP contribution >= 0.6 is 0 Å². The second kappa shape index (κ2) is 3.45. The maximum atomic E-state index is 11.5. The van der Waals surface area contributed by atoms with E-state index in [1.807, 2.05) is 13.0 Å². The third kappa shape index (κ3) is 1.41. The summed E-state index contributed by atoms with van der Waals surface area (Å²) in [5.74, 6) is 0.0745. The van der Waals surface area contributed by atoms with Crippen LogP contribution in [-0.4, -0.2) is 5.91 Å². The maximum Gasteiger partial charge on any atom is 0.252 e. The van der Waals surface area contributed by atoms with Crippen LogP contribution in [0.25, 0.3) is 0 Å². The molecule has 0 bridgehead atoms. The van der Waals surface area contributed by atoms with Crippen molar-refractivity contribution in [1.82, 2.24) is 5.32 Å². The predicted molar refractivity (Wildman–Crippen MR) is 56.3 cm³/mol. The van der Waals surface area contributed by atoms with Gasteiger partial charge in [-0.05, 0) is 30.5 Å². The molecule has 1 heterocycles. The first-order valence-electron chi connectivity index (χ1n) is 5.16. The maximum absolute atomic E-state index is 11.5. The van der Waals surface area contributed by atoms with E-state index < -0.39 is 0 Å². The molecular formula is C12H15NO. The fraction of sp³-hybridized carbons (Fsp3) is 0.417. The van der Waals surface area contributed by atoms with Crippen LogP contribution in [0.5, 0.6) is 0 Å². The Balaban J connectivity index is 2.39. The standard InChI is InChI=1S/C12H15NO/c1-3-4-9-5-6-10-8(2)13-12(14)11(10)7-9/h5-8H,3-4H2,1-2H3,(H,13,14)/t8-/m0/s1. The van der Waals surface area contributed by atoms with Crippen molar-refractivity contribution in [3.63, 3.8) is 0 Å². The van der Waals surface area contributed by atoms with Crippen LogP contribution in [0.4, 0.5) is 0 Å². The number of hydrogen-bond donors (Lipinski definition) is 1. The number of fused-ring (bicyclic) bond motifs is 1. The van der Waals surface area contributed by atoms with Gasteiger partial charge in [0.15, 0.2) is 0 Å². The van der Waals surface area contributed by atoms with Crippen molar-refractivity contribution >= 4 is 5.91 Å². The number of benzene rings is 1. The summed E-state index contributed by atoms with van der Waals surface area (Å²) in [5, 5.41) is 2.91. The number of nitrogens with one attached hydrogen (secondary N) is 1. The molecule has 1 amide bonds. The van der Waals surface area contributed by atoms with E-state index in [1.165, 1.54) is 5.56 Å². The van der Waals surface area contributed by atoms with Crippen LogP contribution < -0.4 is 5.32 Å². The second-order valence-electron chi connectivity index (χ2n) is 3.87. The van der Waals surface area contributed by atoms with Crippen LogP contribution in [0.1, 0.15) is 47.8 Å². The second-order valence-corrected chi connectivity index (χ2v) is 3.87. The number of carbonyl (C=O) groups excluding carboxylic acids is 1. The van der Waals surface area contributed by atoms with E-state index in [9.17, 15) is 4.79 Å². The Kier molecular flexibility index (Phi) is 2.28. The molecule has 1 aromatic carbocycles. The molecule has 0 radical (unpaired) electrons. The van der Waals surface area contributed by atoms with Gasteiger partial charge in [-0.1, -0.05) is 25.5 Å². The van der Waals surface area contributed by atoms with Gasteiger partial charge < -0.3 is 5.32 Å². The van der Waals surface area contributed by atoms with Crippen molar-refractivity contribution in [1.29, 1.82) is 0 Å². The van der Waals surface area contributed by atoms with Gasteiger partial charge in [-0.15, -0.1) is 0 Å². The van der Waals surface area contributed by atoms with Gasteiger partial charge in [0, 0.05) is 5.56 Å². The van der Waals surface area contributed by atoms with Gasteiger partial charge in [0.1, 0.15) is 0 Å². The zero-order valence-electron chi connectivity index (χ0n) is 8.63. The molecule has 1 aromatic rings. The largest absolute Gasteiger partial charge is 0.345 e. The Morgan fingerprint density at radius 1 is 1.43 bits per heavy atom. The van der Waals surface area contributed by atoms with Gasteiger partial charge in [-0.2, -0.15) is 0 Å². The van der Waals surface area contributed by atoms with E-state index in [1.54, 1.807) is 0 Å². The summed E-state index contributed by atoms with van der Waals surface area (Å²) in [6.45, 7) is 4.17. The minimum Gasteiger partial charge on any atom is -0.345 e. The van der Waals surface area contributed by atoms with Gasteiger partial charge >= 0.3 is 0 Å². The first kappa shape index (κ1) is 9.25. The molecule has 1 aliphatic rings. The van der Waals surface area contributed by atoms with E-state index in [-0.39, 0.29) is 11.9 Å². The van der Waals surface area contributed by atoms with E-state index in [2.05, 4.69) is 24.4 Å². The van der Waals surface area contributed by atoms with Crippen molar-refractivity contribution in [2.24, 2.45) is 0 Å². The third-order valence-corrected chi connectivity index (χ3v) is 2.72. The van der Waals surface area contributed by atoms with Gasteiger partial charge in [-0.3, -0.25) is 4.79 Å². The lowest BCUT2D eigenvalue weighted by Crippen LogP contribution is -2.16. The zero-order valence-corrected chi connectivity index (χ0v) is 8.63. The Morgan fingerprint density at radius 2 is 2.21 bits per heavy atom.